The maximum absolute atomic E-state index is 12.6. The lowest BCUT2D eigenvalue weighted by molar-refractivity contribution is 0.313. The summed E-state index contributed by atoms with van der Waals surface area (Å²) in [5.41, 5.74) is 8.06. The highest BCUT2D eigenvalue weighted by Gasteiger charge is 2.17. The Hall–Kier alpha value is -2.09. The minimum Gasteiger partial charge on any atom is -0.369 e. The molecule has 0 unspecified atom stereocenters. The number of nitrogens with two attached hydrogens (primary N) is 1. The number of piperazine rings is 1. The number of hydrogen-bond donors (Lipinski definition) is 2. The first-order valence-electron chi connectivity index (χ1n) is 8.33. The van der Waals surface area contributed by atoms with Crippen molar-refractivity contribution in [3.63, 3.8) is 0 Å². The molecule has 134 valence electrons. The van der Waals surface area contributed by atoms with Crippen molar-refractivity contribution in [2.75, 3.05) is 42.8 Å². The van der Waals surface area contributed by atoms with E-state index in [4.69, 9.17) is 5.73 Å². The van der Waals surface area contributed by atoms with E-state index in [1.165, 1.54) is 0 Å². The lowest BCUT2D eigenvalue weighted by atomic mass is 10.2. The second-order valence-corrected chi connectivity index (χ2v) is 7.98. The summed E-state index contributed by atoms with van der Waals surface area (Å²) in [6.07, 6.45) is 0. The van der Waals surface area contributed by atoms with E-state index >= 15 is 0 Å². The van der Waals surface area contributed by atoms with Crippen molar-refractivity contribution in [3.8, 4) is 0 Å². The highest BCUT2D eigenvalue weighted by molar-refractivity contribution is 7.92. The SMILES string of the molecule is CN1CCN(c2cccc(NS(=O)(=O)c3ccc(CN)cc3)c2)CC1. The van der Waals surface area contributed by atoms with Crippen LogP contribution in [0.1, 0.15) is 5.56 Å². The summed E-state index contributed by atoms with van der Waals surface area (Å²) in [5.74, 6) is 0. The van der Waals surface area contributed by atoms with Crippen LogP contribution in [0.4, 0.5) is 11.4 Å². The van der Waals surface area contributed by atoms with Gasteiger partial charge in [0.1, 0.15) is 0 Å². The number of nitrogens with one attached hydrogen (secondary N) is 1. The van der Waals surface area contributed by atoms with Crippen LogP contribution in [0, 0.1) is 0 Å². The molecule has 2 aromatic rings. The number of anilines is 2. The van der Waals surface area contributed by atoms with Gasteiger partial charge in [0.15, 0.2) is 0 Å². The summed E-state index contributed by atoms with van der Waals surface area (Å²) in [6.45, 7) is 4.27. The van der Waals surface area contributed by atoms with E-state index in [0.717, 1.165) is 37.4 Å². The van der Waals surface area contributed by atoms with Crippen molar-refractivity contribution in [2.45, 2.75) is 11.4 Å². The van der Waals surface area contributed by atoms with Gasteiger partial charge in [-0.25, -0.2) is 8.42 Å². The van der Waals surface area contributed by atoms with Gasteiger partial charge < -0.3 is 15.5 Å². The molecule has 1 aliphatic rings. The molecule has 1 aliphatic heterocycles. The van der Waals surface area contributed by atoms with Crippen molar-refractivity contribution in [1.82, 2.24) is 4.90 Å². The molecule has 0 bridgehead atoms. The predicted molar refractivity (Wildman–Crippen MR) is 101 cm³/mol. The summed E-state index contributed by atoms with van der Waals surface area (Å²) in [7, 11) is -1.50. The summed E-state index contributed by atoms with van der Waals surface area (Å²) < 4.78 is 27.8. The third kappa shape index (κ3) is 4.31. The van der Waals surface area contributed by atoms with Crippen LogP contribution in [0.5, 0.6) is 0 Å². The molecule has 1 saturated heterocycles. The molecule has 3 N–H and O–H groups in total. The molecule has 0 amide bonds. The first kappa shape index (κ1) is 17.7. The van der Waals surface area contributed by atoms with Crippen molar-refractivity contribution < 1.29 is 8.42 Å². The van der Waals surface area contributed by atoms with E-state index in [1.54, 1.807) is 30.3 Å². The number of likely N-dealkylation sites (N-methyl/N-ethyl adjacent to an activating group) is 1. The molecule has 0 aromatic heterocycles. The zero-order valence-electron chi connectivity index (χ0n) is 14.4. The Morgan fingerprint density at radius 1 is 1.04 bits per heavy atom. The first-order chi connectivity index (χ1) is 12.0. The van der Waals surface area contributed by atoms with E-state index in [1.807, 2.05) is 18.2 Å². The second-order valence-electron chi connectivity index (χ2n) is 6.29. The standard InChI is InChI=1S/C18H24N4O2S/c1-21-9-11-22(12-10-21)17-4-2-3-16(13-17)20-25(23,24)18-7-5-15(14-19)6-8-18/h2-8,13,20H,9-12,14,19H2,1H3. The predicted octanol–water partition coefficient (Wildman–Crippen LogP) is 1.70. The smallest absolute Gasteiger partial charge is 0.261 e. The lowest BCUT2D eigenvalue weighted by Gasteiger charge is -2.34. The van der Waals surface area contributed by atoms with Gasteiger partial charge in [0.2, 0.25) is 0 Å². The topological polar surface area (TPSA) is 78.7 Å². The largest absolute Gasteiger partial charge is 0.369 e. The van der Waals surface area contributed by atoms with Gasteiger partial charge in [-0.1, -0.05) is 18.2 Å². The molecule has 2 aromatic carbocycles. The number of hydrogen-bond acceptors (Lipinski definition) is 5. The molecule has 3 rings (SSSR count). The van der Waals surface area contributed by atoms with Gasteiger partial charge in [0, 0.05) is 38.4 Å². The molecule has 0 radical (unpaired) electrons. The molecule has 1 heterocycles. The van der Waals surface area contributed by atoms with Crippen LogP contribution in [-0.2, 0) is 16.6 Å². The van der Waals surface area contributed by atoms with Crippen molar-refractivity contribution in [3.05, 3.63) is 54.1 Å². The van der Waals surface area contributed by atoms with Gasteiger partial charge in [-0.2, -0.15) is 0 Å². The van der Waals surface area contributed by atoms with E-state index in [-0.39, 0.29) is 4.90 Å². The zero-order chi connectivity index (χ0) is 17.9. The monoisotopic (exact) mass is 360 g/mol. The number of benzene rings is 2. The van der Waals surface area contributed by atoms with Crippen molar-refractivity contribution in [1.29, 1.82) is 0 Å². The van der Waals surface area contributed by atoms with Gasteiger partial charge in [-0.15, -0.1) is 0 Å². The van der Waals surface area contributed by atoms with Crippen LogP contribution in [0.15, 0.2) is 53.4 Å². The maximum atomic E-state index is 12.6. The van der Waals surface area contributed by atoms with E-state index in [0.29, 0.717) is 12.2 Å². The molecule has 0 spiro atoms. The average molecular weight is 360 g/mol. The maximum Gasteiger partial charge on any atom is 0.261 e. The molecule has 25 heavy (non-hydrogen) atoms. The number of nitrogens with zero attached hydrogens (tertiary/aromatic N) is 2. The van der Waals surface area contributed by atoms with Crippen LogP contribution in [0.2, 0.25) is 0 Å². The fourth-order valence-corrected chi connectivity index (χ4v) is 3.90. The lowest BCUT2D eigenvalue weighted by Crippen LogP contribution is -2.44. The molecular formula is C18H24N4O2S. The summed E-state index contributed by atoms with van der Waals surface area (Å²) >= 11 is 0. The Labute approximate surface area is 149 Å². The summed E-state index contributed by atoms with van der Waals surface area (Å²) in [4.78, 5) is 4.79. The first-order valence-corrected chi connectivity index (χ1v) is 9.82. The quantitative estimate of drug-likeness (QED) is 0.848. The Morgan fingerprint density at radius 3 is 2.36 bits per heavy atom. The Morgan fingerprint density at radius 2 is 1.72 bits per heavy atom. The minimum absolute atomic E-state index is 0.231. The third-order valence-corrected chi connectivity index (χ3v) is 5.83. The molecule has 7 heteroatoms. The fraction of sp³-hybridized carbons (Fsp3) is 0.333. The van der Waals surface area contributed by atoms with Gasteiger partial charge in [-0.3, -0.25) is 4.72 Å². The van der Waals surface area contributed by atoms with Gasteiger partial charge in [-0.05, 0) is 42.9 Å². The highest BCUT2D eigenvalue weighted by atomic mass is 32.2. The molecule has 0 saturated carbocycles. The van der Waals surface area contributed by atoms with E-state index in [2.05, 4.69) is 21.6 Å². The van der Waals surface area contributed by atoms with Gasteiger partial charge in [0.05, 0.1) is 10.6 Å². The van der Waals surface area contributed by atoms with Crippen molar-refractivity contribution >= 4 is 21.4 Å². The normalized spacial score (nSPS) is 16.0. The Kier molecular flexibility index (Phi) is 5.27. The average Bonchev–Trinajstić information content (AvgIpc) is 2.62. The Bertz CT molecular complexity index is 813. The molecule has 0 atom stereocenters. The minimum atomic E-state index is -3.61. The molecule has 0 aliphatic carbocycles. The third-order valence-electron chi connectivity index (χ3n) is 4.44. The van der Waals surface area contributed by atoms with Crippen LogP contribution >= 0.6 is 0 Å². The molecule has 1 fully saturated rings. The van der Waals surface area contributed by atoms with Gasteiger partial charge in [0.25, 0.3) is 10.0 Å². The van der Waals surface area contributed by atoms with E-state index in [9.17, 15) is 8.42 Å². The highest BCUT2D eigenvalue weighted by Crippen LogP contribution is 2.23. The second kappa shape index (κ2) is 7.43. The summed E-state index contributed by atoms with van der Waals surface area (Å²) in [6, 6.07) is 14.2. The molecule has 6 nitrogen and oxygen atoms in total. The van der Waals surface area contributed by atoms with Crippen LogP contribution in [-0.4, -0.2) is 46.5 Å². The fourth-order valence-electron chi connectivity index (χ4n) is 2.85. The zero-order valence-corrected chi connectivity index (χ0v) is 15.2. The van der Waals surface area contributed by atoms with Crippen molar-refractivity contribution in [2.24, 2.45) is 5.73 Å². The van der Waals surface area contributed by atoms with Gasteiger partial charge >= 0.3 is 0 Å². The van der Waals surface area contributed by atoms with Crippen LogP contribution < -0.4 is 15.4 Å². The van der Waals surface area contributed by atoms with Crippen LogP contribution in [0.25, 0.3) is 0 Å². The molecular weight excluding hydrogens is 336 g/mol. The number of rotatable bonds is 5. The Balaban J connectivity index is 1.76. The summed E-state index contributed by atoms with van der Waals surface area (Å²) in [5, 5.41) is 0. The van der Waals surface area contributed by atoms with E-state index < -0.39 is 10.0 Å². The number of sulfonamides is 1. The van der Waals surface area contributed by atoms with Crippen LogP contribution in [0.3, 0.4) is 0 Å².